The van der Waals surface area contributed by atoms with Gasteiger partial charge in [0, 0.05) is 11.3 Å². The molecule has 0 bridgehead atoms. The van der Waals surface area contributed by atoms with Gasteiger partial charge in [-0.05, 0) is 82.2 Å². The molecule has 0 unspecified atom stereocenters. The molecule has 0 saturated carbocycles. The first kappa shape index (κ1) is 19.9. The number of aromatic hydroxyl groups is 1. The van der Waals surface area contributed by atoms with Crippen molar-refractivity contribution < 1.29 is 24.2 Å². The van der Waals surface area contributed by atoms with Crippen LogP contribution in [0.25, 0.3) is 0 Å². The first-order chi connectivity index (χ1) is 13.2. The van der Waals surface area contributed by atoms with E-state index in [9.17, 15) is 19.5 Å². The van der Waals surface area contributed by atoms with Crippen molar-refractivity contribution in [1.29, 1.82) is 0 Å². The van der Waals surface area contributed by atoms with E-state index in [0.717, 1.165) is 36.8 Å². The Morgan fingerprint density at radius 2 is 1.71 bits per heavy atom. The van der Waals surface area contributed by atoms with Crippen LogP contribution in [-0.2, 0) is 17.6 Å². The van der Waals surface area contributed by atoms with Crippen LogP contribution >= 0.6 is 0 Å². The molecule has 28 heavy (non-hydrogen) atoms. The first-order valence-corrected chi connectivity index (χ1v) is 9.50. The number of nitrogens with one attached hydrogen (secondary N) is 1. The number of esters is 1. The van der Waals surface area contributed by atoms with Gasteiger partial charge in [0.1, 0.15) is 11.3 Å². The number of hydrogen-bond donors (Lipinski definition) is 2. The van der Waals surface area contributed by atoms with Crippen molar-refractivity contribution in [3.8, 4) is 5.75 Å². The Morgan fingerprint density at radius 3 is 2.29 bits per heavy atom. The van der Waals surface area contributed by atoms with Gasteiger partial charge in [0.15, 0.2) is 11.9 Å². The van der Waals surface area contributed by atoms with E-state index in [1.807, 2.05) is 0 Å². The number of ketones is 2. The van der Waals surface area contributed by atoms with Gasteiger partial charge in [-0.25, -0.2) is 4.79 Å². The third kappa shape index (κ3) is 3.59. The minimum absolute atomic E-state index is 0.0733. The molecular weight excluding hydrogens is 358 g/mol. The largest absolute Gasteiger partial charge is 0.507 e. The van der Waals surface area contributed by atoms with Gasteiger partial charge < -0.3 is 14.8 Å². The zero-order valence-electron chi connectivity index (χ0n) is 16.6. The lowest BCUT2D eigenvalue weighted by Crippen LogP contribution is -2.25. The van der Waals surface area contributed by atoms with Gasteiger partial charge in [-0.15, -0.1) is 0 Å². The first-order valence-electron chi connectivity index (χ1n) is 9.50. The topological polar surface area (TPSA) is 96.5 Å². The molecule has 6 nitrogen and oxygen atoms in total. The molecule has 1 aliphatic carbocycles. The van der Waals surface area contributed by atoms with Crippen LogP contribution in [-0.4, -0.2) is 33.7 Å². The van der Waals surface area contributed by atoms with Gasteiger partial charge in [0.2, 0.25) is 5.78 Å². The van der Waals surface area contributed by atoms with Crippen LogP contribution in [0, 0.1) is 13.8 Å². The summed E-state index contributed by atoms with van der Waals surface area (Å²) in [5.41, 5.74) is 4.07. The molecule has 6 heteroatoms. The van der Waals surface area contributed by atoms with E-state index < -0.39 is 17.9 Å². The van der Waals surface area contributed by atoms with Crippen LogP contribution in [0.15, 0.2) is 12.1 Å². The van der Waals surface area contributed by atoms with Crippen molar-refractivity contribution in [3.05, 3.63) is 51.3 Å². The highest BCUT2D eigenvalue weighted by atomic mass is 16.5. The molecule has 0 spiro atoms. The number of aryl methyl sites for hydroxylation is 3. The Morgan fingerprint density at radius 1 is 1.11 bits per heavy atom. The van der Waals surface area contributed by atoms with Crippen LogP contribution in [0.4, 0.5) is 0 Å². The van der Waals surface area contributed by atoms with Crippen molar-refractivity contribution in [2.45, 2.75) is 59.5 Å². The average molecular weight is 383 g/mol. The summed E-state index contributed by atoms with van der Waals surface area (Å²) in [4.78, 5) is 40.0. The monoisotopic (exact) mass is 383 g/mol. The van der Waals surface area contributed by atoms with Gasteiger partial charge in [-0.3, -0.25) is 9.59 Å². The molecule has 0 saturated heterocycles. The molecule has 3 rings (SSSR count). The number of aromatic nitrogens is 1. The number of carbonyl (C=O) groups is 3. The summed E-state index contributed by atoms with van der Waals surface area (Å²) < 4.78 is 5.34. The zero-order valence-corrected chi connectivity index (χ0v) is 16.6. The maximum absolute atomic E-state index is 12.8. The number of hydrogen-bond acceptors (Lipinski definition) is 5. The standard InChI is InChI=1S/C22H25NO5/c1-11-19(13(3)24)12(2)23-20(11)21(26)14(4)28-22(27)17-9-15-7-5-6-8-16(15)10-18(17)25/h9-10,14,23,25H,5-8H2,1-4H3/t14-/m1/s1. The lowest BCUT2D eigenvalue weighted by atomic mass is 9.90. The molecule has 1 atom stereocenters. The fourth-order valence-corrected chi connectivity index (χ4v) is 3.94. The number of ether oxygens (including phenoxy) is 1. The number of rotatable bonds is 5. The third-order valence-electron chi connectivity index (χ3n) is 5.37. The Balaban J connectivity index is 1.80. The number of benzene rings is 1. The average Bonchev–Trinajstić information content (AvgIpc) is 2.94. The normalized spacial score (nSPS) is 14.3. The highest BCUT2D eigenvalue weighted by Crippen LogP contribution is 2.29. The van der Waals surface area contributed by atoms with Gasteiger partial charge in [-0.2, -0.15) is 0 Å². The van der Waals surface area contributed by atoms with Crippen LogP contribution in [0.5, 0.6) is 5.75 Å². The van der Waals surface area contributed by atoms with Crippen LogP contribution in [0.2, 0.25) is 0 Å². The van der Waals surface area contributed by atoms with Gasteiger partial charge in [0.25, 0.3) is 0 Å². The molecule has 0 radical (unpaired) electrons. The maximum atomic E-state index is 12.8. The fourth-order valence-electron chi connectivity index (χ4n) is 3.94. The number of phenolic OH excluding ortho intramolecular Hbond substituents is 1. The second kappa shape index (κ2) is 7.62. The molecule has 0 aliphatic heterocycles. The lowest BCUT2D eigenvalue weighted by molar-refractivity contribution is 0.0314. The SMILES string of the molecule is CC(=O)c1c(C)[nH]c(C(=O)[C@@H](C)OC(=O)c2cc3c(cc2O)CCCC3)c1C. The van der Waals surface area contributed by atoms with E-state index in [4.69, 9.17) is 4.74 Å². The van der Waals surface area contributed by atoms with E-state index in [1.54, 1.807) is 26.0 Å². The van der Waals surface area contributed by atoms with Gasteiger partial charge in [0.05, 0.1) is 5.69 Å². The summed E-state index contributed by atoms with van der Waals surface area (Å²) in [5, 5.41) is 10.2. The van der Waals surface area contributed by atoms with Crippen LogP contribution in [0.3, 0.4) is 0 Å². The number of Topliss-reactive ketones (excluding diaryl/α,β-unsaturated/α-hetero) is 2. The van der Waals surface area contributed by atoms with Crippen molar-refractivity contribution in [3.63, 3.8) is 0 Å². The molecule has 1 aromatic heterocycles. The predicted octanol–water partition coefficient (Wildman–Crippen LogP) is 3.85. The number of fused-ring (bicyclic) bond motifs is 1. The highest BCUT2D eigenvalue weighted by Gasteiger charge is 2.27. The Kier molecular flexibility index (Phi) is 5.40. The summed E-state index contributed by atoms with van der Waals surface area (Å²) in [5.74, 6) is -1.41. The molecular formula is C22H25NO5. The van der Waals surface area contributed by atoms with Crippen molar-refractivity contribution >= 4 is 17.5 Å². The van der Waals surface area contributed by atoms with Gasteiger partial charge >= 0.3 is 5.97 Å². The van der Waals surface area contributed by atoms with E-state index in [2.05, 4.69) is 4.98 Å². The number of H-pyrrole nitrogens is 1. The second-order valence-corrected chi connectivity index (χ2v) is 7.44. The summed E-state index contributed by atoms with van der Waals surface area (Å²) in [7, 11) is 0. The second-order valence-electron chi connectivity index (χ2n) is 7.44. The molecule has 0 amide bonds. The summed E-state index contributed by atoms with van der Waals surface area (Å²) in [6.45, 7) is 6.35. The molecule has 1 aliphatic rings. The van der Waals surface area contributed by atoms with E-state index in [0.29, 0.717) is 16.8 Å². The zero-order chi connectivity index (χ0) is 20.6. The number of carbonyl (C=O) groups excluding carboxylic acids is 3. The summed E-state index contributed by atoms with van der Waals surface area (Å²) in [6.07, 6.45) is 2.81. The summed E-state index contributed by atoms with van der Waals surface area (Å²) in [6, 6.07) is 3.29. The van der Waals surface area contributed by atoms with E-state index in [-0.39, 0.29) is 22.8 Å². The fraction of sp³-hybridized carbons (Fsp3) is 0.409. The predicted molar refractivity (Wildman–Crippen MR) is 104 cm³/mol. The van der Waals surface area contributed by atoms with E-state index in [1.165, 1.54) is 13.8 Å². The molecule has 2 N–H and O–H groups in total. The molecule has 1 aromatic carbocycles. The minimum Gasteiger partial charge on any atom is -0.507 e. The minimum atomic E-state index is -1.06. The Hall–Kier alpha value is -2.89. The Labute approximate surface area is 163 Å². The molecule has 148 valence electrons. The van der Waals surface area contributed by atoms with Gasteiger partial charge in [-0.1, -0.05) is 0 Å². The van der Waals surface area contributed by atoms with Crippen LogP contribution < -0.4 is 0 Å². The summed E-state index contributed by atoms with van der Waals surface area (Å²) >= 11 is 0. The molecule has 1 heterocycles. The van der Waals surface area contributed by atoms with Crippen molar-refractivity contribution in [2.24, 2.45) is 0 Å². The maximum Gasteiger partial charge on any atom is 0.342 e. The molecule has 2 aromatic rings. The van der Waals surface area contributed by atoms with Crippen LogP contribution in [0.1, 0.15) is 80.3 Å². The third-order valence-corrected chi connectivity index (χ3v) is 5.37. The highest BCUT2D eigenvalue weighted by molar-refractivity contribution is 6.05. The molecule has 0 fully saturated rings. The van der Waals surface area contributed by atoms with Crippen molar-refractivity contribution in [1.82, 2.24) is 4.98 Å². The lowest BCUT2D eigenvalue weighted by Gasteiger charge is -2.18. The number of aromatic amines is 1. The smallest absolute Gasteiger partial charge is 0.342 e. The quantitative estimate of drug-likeness (QED) is 0.604. The van der Waals surface area contributed by atoms with Crippen molar-refractivity contribution in [2.75, 3.05) is 0 Å². The number of phenols is 1. The van der Waals surface area contributed by atoms with E-state index >= 15 is 0 Å². The Bertz CT molecular complexity index is 970.